The summed E-state index contributed by atoms with van der Waals surface area (Å²) in [7, 11) is 1.76. The Kier molecular flexibility index (Phi) is 6.28. The molecule has 3 atom stereocenters. The number of hydrogen-bond donors (Lipinski definition) is 2. The van der Waals surface area contributed by atoms with Crippen molar-refractivity contribution >= 4 is 0 Å². The van der Waals surface area contributed by atoms with Crippen molar-refractivity contribution in [1.82, 2.24) is 4.90 Å². The minimum absolute atomic E-state index is 0.545. The molecule has 0 aromatic heterocycles. The summed E-state index contributed by atoms with van der Waals surface area (Å²) in [5.74, 6) is 0.613. The molecule has 0 aromatic rings. The van der Waals surface area contributed by atoms with Crippen LogP contribution in [0.25, 0.3) is 0 Å². The lowest BCUT2D eigenvalue weighted by Crippen LogP contribution is -2.44. The SMILES string of the molecule is COCC(C)CCN1C(CN)CCC1CN. The lowest BCUT2D eigenvalue weighted by Gasteiger charge is -2.29. The minimum atomic E-state index is 0.545. The van der Waals surface area contributed by atoms with E-state index in [-0.39, 0.29) is 0 Å². The Morgan fingerprint density at radius 2 is 1.81 bits per heavy atom. The molecule has 1 aliphatic rings. The molecule has 0 bridgehead atoms. The summed E-state index contributed by atoms with van der Waals surface area (Å²) in [6.07, 6.45) is 3.58. The van der Waals surface area contributed by atoms with Gasteiger partial charge in [-0.25, -0.2) is 0 Å². The van der Waals surface area contributed by atoms with Gasteiger partial charge in [-0.2, -0.15) is 0 Å². The molecule has 1 heterocycles. The molecule has 1 fully saturated rings. The van der Waals surface area contributed by atoms with E-state index in [2.05, 4.69) is 11.8 Å². The van der Waals surface area contributed by atoms with Crippen molar-refractivity contribution < 1.29 is 4.74 Å². The van der Waals surface area contributed by atoms with E-state index in [1.807, 2.05) is 0 Å². The van der Waals surface area contributed by atoms with Crippen LogP contribution in [-0.2, 0) is 4.74 Å². The van der Waals surface area contributed by atoms with E-state index in [9.17, 15) is 0 Å². The quantitative estimate of drug-likeness (QED) is 0.663. The molecule has 0 spiro atoms. The van der Waals surface area contributed by atoms with Crippen molar-refractivity contribution in [2.45, 2.75) is 38.3 Å². The molecule has 0 aromatic carbocycles. The standard InChI is InChI=1S/C12H27N3O/c1-10(9-16-2)5-6-15-11(7-13)3-4-12(15)8-14/h10-12H,3-9,13-14H2,1-2H3. The Morgan fingerprint density at radius 1 is 1.25 bits per heavy atom. The third kappa shape index (κ3) is 3.70. The topological polar surface area (TPSA) is 64.5 Å². The first-order chi connectivity index (χ1) is 7.72. The van der Waals surface area contributed by atoms with Crippen molar-refractivity contribution in [3.63, 3.8) is 0 Å². The Hall–Kier alpha value is -0.160. The van der Waals surface area contributed by atoms with Crippen LogP contribution in [-0.4, -0.2) is 50.3 Å². The molecule has 1 saturated heterocycles. The molecular formula is C12H27N3O. The van der Waals surface area contributed by atoms with Crippen LogP contribution in [0.2, 0.25) is 0 Å². The number of nitrogens with zero attached hydrogens (tertiary/aromatic N) is 1. The van der Waals surface area contributed by atoms with Crippen molar-refractivity contribution in [1.29, 1.82) is 0 Å². The fraction of sp³-hybridized carbons (Fsp3) is 1.00. The van der Waals surface area contributed by atoms with Crippen LogP contribution in [0.5, 0.6) is 0 Å². The van der Waals surface area contributed by atoms with Crippen molar-refractivity contribution in [2.24, 2.45) is 17.4 Å². The first-order valence-electron chi connectivity index (χ1n) is 6.37. The zero-order valence-electron chi connectivity index (χ0n) is 10.7. The average Bonchev–Trinajstić information content (AvgIpc) is 2.68. The molecule has 3 unspecified atom stereocenters. The molecule has 1 aliphatic heterocycles. The summed E-state index contributed by atoms with van der Waals surface area (Å²) in [5.41, 5.74) is 11.6. The van der Waals surface area contributed by atoms with Gasteiger partial charge in [0.15, 0.2) is 0 Å². The van der Waals surface area contributed by atoms with Gasteiger partial charge in [-0.1, -0.05) is 6.92 Å². The maximum Gasteiger partial charge on any atom is 0.0488 e. The second-order valence-corrected chi connectivity index (χ2v) is 4.94. The summed E-state index contributed by atoms with van der Waals surface area (Å²) in [5, 5.41) is 0. The number of methoxy groups -OCH3 is 1. The molecular weight excluding hydrogens is 202 g/mol. The zero-order valence-corrected chi connectivity index (χ0v) is 10.7. The Balaban J connectivity index is 2.36. The minimum Gasteiger partial charge on any atom is -0.384 e. The van der Waals surface area contributed by atoms with Gasteiger partial charge in [0.2, 0.25) is 0 Å². The van der Waals surface area contributed by atoms with Gasteiger partial charge in [0.25, 0.3) is 0 Å². The summed E-state index contributed by atoms with van der Waals surface area (Å²) < 4.78 is 5.16. The van der Waals surface area contributed by atoms with Gasteiger partial charge in [-0.15, -0.1) is 0 Å². The number of hydrogen-bond acceptors (Lipinski definition) is 4. The Labute approximate surface area is 99.3 Å². The highest BCUT2D eigenvalue weighted by atomic mass is 16.5. The second-order valence-electron chi connectivity index (χ2n) is 4.94. The van der Waals surface area contributed by atoms with Crippen LogP contribution in [0.3, 0.4) is 0 Å². The van der Waals surface area contributed by atoms with Gasteiger partial charge >= 0.3 is 0 Å². The van der Waals surface area contributed by atoms with Crippen LogP contribution in [0.4, 0.5) is 0 Å². The second kappa shape index (κ2) is 7.22. The monoisotopic (exact) mass is 229 g/mol. The largest absolute Gasteiger partial charge is 0.384 e. The number of ether oxygens (including phenoxy) is 1. The van der Waals surface area contributed by atoms with E-state index < -0.39 is 0 Å². The predicted molar refractivity (Wildman–Crippen MR) is 67.3 cm³/mol. The van der Waals surface area contributed by atoms with E-state index >= 15 is 0 Å². The van der Waals surface area contributed by atoms with Crippen LogP contribution in [0.15, 0.2) is 0 Å². The maximum absolute atomic E-state index is 5.80. The van der Waals surface area contributed by atoms with Crippen molar-refractivity contribution in [2.75, 3.05) is 33.4 Å². The van der Waals surface area contributed by atoms with E-state index in [0.717, 1.165) is 26.2 Å². The van der Waals surface area contributed by atoms with E-state index in [1.54, 1.807) is 7.11 Å². The molecule has 0 saturated carbocycles. The summed E-state index contributed by atoms with van der Waals surface area (Å²) in [4.78, 5) is 2.51. The Bertz CT molecular complexity index is 177. The third-order valence-electron chi connectivity index (χ3n) is 3.65. The molecule has 0 radical (unpaired) electrons. The van der Waals surface area contributed by atoms with Gasteiger partial charge in [-0.05, 0) is 31.7 Å². The first kappa shape index (κ1) is 13.9. The first-order valence-corrected chi connectivity index (χ1v) is 6.37. The lowest BCUT2D eigenvalue weighted by atomic mass is 10.1. The molecule has 0 aliphatic carbocycles. The zero-order chi connectivity index (χ0) is 12.0. The summed E-state index contributed by atoms with van der Waals surface area (Å²) in [6.45, 7) is 5.70. The number of rotatable bonds is 7. The molecule has 4 N–H and O–H groups in total. The average molecular weight is 229 g/mol. The molecule has 4 heteroatoms. The predicted octanol–water partition coefficient (Wildman–Crippen LogP) is 0.409. The van der Waals surface area contributed by atoms with Crippen molar-refractivity contribution in [3.8, 4) is 0 Å². The van der Waals surface area contributed by atoms with Crippen LogP contribution < -0.4 is 11.5 Å². The maximum atomic E-state index is 5.80. The van der Waals surface area contributed by atoms with E-state index in [4.69, 9.17) is 16.2 Å². The fourth-order valence-electron chi connectivity index (χ4n) is 2.62. The van der Waals surface area contributed by atoms with Gasteiger partial charge in [-0.3, -0.25) is 4.90 Å². The highest BCUT2D eigenvalue weighted by molar-refractivity contribution is 4.88. The number of nitrogens with two attached hydrogens (primary N) is 2. The van der Waals surface area contributed by atoms with Gasteiger partial charge in [0.1, 0.15) is 0 Å². The van der Waals surface area contributed by atoms with E-state index in [1.165, 1.54) is 19.3 Å². The highest BCUT2D eigenvalue weighted by Gasteiger charge is 2.31. The number of likely N-dealkylation sites (tertiary alicyclic amines) is 1. The Morgan fingerprint density at radius 3 is 2.25 bits per heavy atom. The third-order valence-corrected chi connectivity index (χ3v) is 3.65. The molecule has 0 amide bonds. The molecule has 96 valence electrons. The molecule has 1 rings (SSSR count). The lowest BCUT2D eigenvalue weighted by molar-refractivity contribution is 0.133. The summed E-state index contributed by atoms with van der Waals surface area (Å²) in [6, 6.07) is 1.09. The van der Waals surface area contributed by atoms with Gasteiger partial charge in [0.05, 0.1) is 0 Å². The normalized spacial score (nSPS) is 28.5. The molecule has 16 heavy (non-hydrogen) atoms. The van der Waals surface area contributed by atoms with Gasteiger partial charge in [0, 0.05) is 38.9 Å². The van der Waals surface area contributed by atoms with Gasteiger partial charge < -0.3 is 16.2 Å². The summed E-state index contributed by atoms with van der Waals surface area (Å²) >= 11 is 0. The fourth-order valence-corrected chi connectivity index (χ4v) is 2.62. The highest BCUT2D eigenvalue weighted by Crippen LogP contribution is 2.23. The van der Waals surface area contributed by atoms with Crippen LogP contribution in [0, 0.1) is 5.92 Å². The van der Waals surface area contributed by atoms with Crippen LogP contribution >= 0.6 is 0 Å². The molecule has 4 nitrogen and oxygen atoms in total. The van der Waals surface area contributed by atoms with E-state index in [0.29, 0.717) is 18.0 Å². The smallest absolute Gasteiger partial charge is 0.0488 e. The van der Waals surface area contributed by atoms with Crippen LogP contribution in [0.1, 0.15) is 26.2 Å². The van der Waals surface area contributed by atoms with Crippen molar-refractivity contribution in [3.05, 3.63) is 0 Å².